The largest absolute Gasteiger partial charge is 0.565 e. The predicted molar refractivity (Wildman–Crippen MR) is 61.1 cm³/mol. The van der Waals surface area contributed by atoms with E-state index in [0.29, 0.717) is 5.92 Å². The van der Waals surface area contributed by atoms with E-state index in [1.54, 1.807) is 12.4 Å². The van der Waals surface area contributed by atoms with Crippen molar-refractivity contribution in [1.29, 1.82) is 0 Å². The van der Waals surface area contributed by atoms with Gasteiger partial charge in [-0.05, 0) is 11.8 Å². The van der Waals surface area contributed by atoms with Crippen LogP contribution in [0.15, 0.2) is 12.1 Å². The second-order valence-electron chi connectivity index (χ2n) is 4.42. The average Bonchev–Trinajstić information content (AvgIpc) is 2.17. The van der Waals surface area contributed by atoms with E-state index in [9.17, 15) is 9.90 Å². The first kappa shape index (κ1) is 15.2. The Morgan fingerprint density at radius 3 is 2.06 bits per heavy atom. The SMILES string of the molecule is CC(C)c1cc([C-]=O)c(O)c(C(C)C)c1.[Mn]. The van der Waals surface area contributed by atoms with Crippen LogP contribution < -0.4 is 0 Å². The van der Waals surface area contributed by atoms with Crippen molar-refractivity contribution in [3.05, 3.63) is 28.8 Å². The number of phenolic OH excluding ortho intramolecular Hbond substituents is 1. The van der Waals surface area contributed by atoms with Crippen LogP contribution in [0.5, 0.6) is 5.75 Å². The fraction of sp³-hybridized carbons (Fsp3) is 0.462. The molecule has 1 rings (SSSR count). The summed E-state index contributed by atoms with van der Waals surface area (Å²) in [5, 5.41) is 9.80. The van der Waals surface area contributed by atoms with Crippen molar-refractivity contribution in [3.63, 3.8) is 0 Å². The molecule has 0 saturated carbocycles. The van der Waals surface area contributed by atoms with E-state index in [2.05, 4.69) is 13.8 Å². The minimum absolute atomic E-state index is 0. The summed E-state index contributed by atoms with van der Waals surface area (Å²) in [6, 6.07) is 3.67. The van der Waals surface area contributed by atoms with Crippen molar-refractivity contribution in [1.82, 2.24) is 0 Å². The van der Waals surface area contributed by atoms with Crippen LogP contribution in [0.2, 0.25) is 0 Å². The fourth-order valence-corrected chi connectivity index (χ4v) is 1.53. The average molecular weight is 260 g/mol. The molecule has 0 aliphatic heterocycles. The molecule has 1 N–H and O–H groups in total. The monoisotopic (exact) mass is 260 g/mol. The van der Waals surface area contributed by atoms with Gasteiger partial charge in [0.05, 0.1) is 6.29 Å². The summed E-state index contributed by atoms with van der Waals surface area (Å²) < 4.78 is 0. The first-order chi connectivity index (χ1) is 6.97. The molecule has 0 amide bonds. The molecular formula is C13H17MnO2-. The Hall–Kier alpha value is -0.791. The van der Waals surface area contributed by atoms with Gasteiger partial charge >= 0.3 is 0 Å². The molecule has 16 heavy (non-hydrogen) atoms. The van der Waals surface area contributed by atoms with E-state index in [1.807, 2.05) is 19.9 Å². The number of hydrogen-bond acceptors (Lipinski definition) is 2. The number of carbonyl (C=O) groups excluding carboxylic acids is 1. The number of rotatable bonds is 3. The van der Waals surface area contributed by atoms with Crippen molar-refractivity contribution >= 4 is 6.29 Å². The molecule has 0 atom stereocenters. The summed E-state index contributed by atoms with van der Waals surface area (Å²) >= 11 is 0. The molecule has 1 radical (unpaired) electrons. The zero-order chi connectivity index (χ0) is 11.6. The van der Waals surface area contributed by atoms with Crippen LogP contribution in [-0.2, 0) is 21.9 Å². The molecular weight excluding hydrogens is 243 g/mol. The van der Waals surface area contributed by atoms with E-state index < -0.39 is 0 Å². The summed E-state index contributed by atoms with van der Waals surface area (Å²) in [5.41, 5.74) is 2.15. The summed E-state index contributed by atoms with van der Waals surface area (Å²) in [6.45, 7) is 8.11. The van der Waals surface area contributed by atoms with Gasteiger partial charge in [-0.15, -0.1) is 11.1 Å². The standard InChI is InChI=1S/C13H17O2.Mn/c1-8(2)10-5-11(7-14)13(15)12(6-10)9(3)4;/h5-6,8-9,15H,1-4H3;/q-1;. The maximum atomic E-state index is 10.7. The van der Waals surface area contributed by atoms with Gasteiger partial charge in [0.1, 0.15) is 0 Å². The van der Waals surface area contributed by atoms with Gasteiger partial charge in [0.25, 0.3) is 0 Å². The smallest absolute Gasteiger partial charge is 0.0662 e. The third-order valence-corrected chi connectivity index (χ3v) is 2.56. The molecule has 0 unspecified atom stereocenters. The molecule has 2 nitrogen and oxygen atoms in total. The Balaban J connectivity index is 0.00000225. The second-order valence-corrected chi connectivity index (χ2v) is 4.42. The van der Waals surface area contributed by atoms with Crippen molar-refractivity contribution in [2.75, 3.05) is 0 Å². The van der Waals surface area contributed by atoms with Gasteiger partial charge in [-0.1, -0.05) is 39.3 Å². The summed E-state index contributed by atoms with van der Waals surface area (Å²) in [6.07, 6.45) is 1.79. The molecule has 0 aromatic heterocycles. The molecule has 0 aliphatic carbocycles. The normalized spacial score (nSPS) is 10.4. The maximum Gasteiger partial charge on any atom is 0.0662 e. The molecule has 0 aliphatic rings. The second kappa shape index (κ2) is 6.07. The van der Waals surface area contributed by atoms with E-state index in [0.717, 1.165) is 11.1 Å². The quantitative estimate of drug-likeness (QED) is 0.669. The van der Waals surface area contributed by atoms with Gasteiger partial charge in [0.15, 0.2) is 0 Å². The predicted octanol–water partition coefficient (Wildman–Crippen LogP) is 3.09. The fourth-order valence-electron chi connectivity index (χ4n) is 1.53. The minimum atomic E-state index is 0. The third kappa shape index (κ3) is 3.10. The molecule has 89 valence electrons. The van der Waals surface area contributed by atoms with Gasteiger partial charge in [0.2, 0.25) is 0 Å². The first-order valence-corrected chi connectivity index (χ1v) is 5.22. The van der Waals surface area contributed by atoms with Gasteiger partial charge in [-0.25, -0.2) is 0 Å². The Bertz CT molecular complexity index is 370. The molecule has 1 aromatic carbocycles. The minimum Gasteiger partial charge on any atom is -0.565 e. The molecule has 0 bridgehead atoms. The van der Waals surface area contributed by atoms with Gasteiger partial charge in [0, 0.05) is 22.8 Å². The van der Waals surface area contributed by atoms with Gasteiger partial charge in [-0.3, -0.25) is 0 Å². The number of aromatic hydroxyl groups is 1. The molecule has 0 heterocycles. The van der Waals surface area contributed by atoms with Gasteiger partial charge < -0.3 is 9.90 Å². The molecule has 0 saturated heterocycles. The summed E-state index contributed by atoms with van der Waals surface area (Å²) in [5.74, 6) is 0.621. The molecule has 1 aromatic rings. The van der Waals surface area contributed by atoms with Crippen LogP contribution in [0.4, 0.5) is 0 Å². The maximum absolute atomic E-state index is 10.7. The zero-order valence-corrected chi connectivity index (χ0v) is 11.2. The molecule has 0 spiro atoms. The van der Waals surface area contributed by atoms with Gasteiger partial charge in [-0.2, -0.15) is 6.07 Å². The number of hydrogen-bond donors (Lipinski definition) is 1. The molecule has 0 fully saturated rings. The van der Waals surface area contributed by atoms with E-state index >= 15 is 0 Å². The van der Waals surface area contributed by atoms with Crippen molar-refractivity contribution in [3.8, 4) is 5.75 Å². The Kier molecular flexibility index (Phi) is 5.77. The summed E-state index contributed by atoms with van der Waals surface area (Å²) in [4.78, 5) is 10.7. The molecule has 3 heteroatoms. The number of benzene rings is 1. The van der Waals surface area contributed by atoms with Crippen LogP contribution in [0, 0.1) is 0 Å². The van der Waals surface area contributed by atoms with Crippen LogP contribution in [0.3, 0.4) is 0 Å². The van der Waals surface area contributed by atoms with Crippen LogP contribution in [-0.4, -0.2) is 11.4 Å². The van der Waals surface area contributed by atoms with E-state index in [4.69, 9.17) is 0 Å². The zero-order valence-electron chi connectivity index (χ0n) is 10.0. The van der Waals surface area contributed by atoms with E-state index in [1.165, 1.54) is 0 Å². The van der Waals surface area contributed by atoms with Crippen molar-refractivity contribution in [2.24, 2.45) is 0 Å². The van der Waals surface area contributed by atoms with Crippen molar-refractivity contribution in [2.45, 2.75) is 39.5 Å². The Morgan fingerprint density at radius 1 is 1.12 bits per heavy atom. The first-order valence-electron chi connectivity index (χ1n) is 5.22. The number of phenols is 1. The summed E-state index contributed by atoms with van der Waals surface area (Å²) in [7, 11) is 0. The van der Waals surface area contributed by atoms with Crippen molar-refractivity contribution < 1.29 is 27.0 Å². The Labute approximate surface area is 108 Å². The Morgan fingerprint density at radius 2 is 1.69 bits per heavy atom. The van der Waals surface area contributed by atoms with E-state index in [-0.39, 0.29) is 34.3 Å². The van der Waals surface area contributed by atoms with Crippen LogP contribution in [0.25, 0.3) is 0 Å². The van der Waals surface area contributed by atoms with Crippen LogP contribution >= 0.6 is 0 Å². The third-order valence-electron chi connectivity index (χ3n) is 2.56. The van der Waals surface area contributed by atoms with Crippen LogP contribution in [0.1, 0.15) is 56.2 Å². The topological polar surface area (TPSA) is 37.3 Å².